The van der Waals surface area contributed by atoms with E-state index in [-0.39, 0.29) is 30.4 Å². The van der Waals surface area contributed by atoms with Crippen molar-refractivity contribution in [2.75, 3.05) is 13.1 Å². The molecule has 1 aliphatic rings. The number of amides is 2. The summed E-state index contributed by atoms with van der Waals surface area (Å²) in [5.41, 5.74) is 1.41. The minimum absolute atomic E-state index is 0.00972. The zero-order valence-corrected chi connectivity index (χ0v) is 21.1. The maximum Gasteiger partial charge on any atom is 0.243 e. The monoisotopic (exact) mass is 480 g/mol. The van der Waals surface area contributed by atoms with Gasteiger partial charge in [0.05, 0.1) is 6.04 Å². The molecule has 2 aromatic rings. The molecule has 0 N–H and O–H groups in total. The zero-order valence-electron chi connectivity index (χ0n) is 18.7. The first kappa shape index (κ1) is 24.1. The molecular formula is C24H30Cl2N2O2S. The predicted molar refractivity (Wildman–Crippen MR) is 129 cm³/mol. The molecule has 2 atom stereocenters. The Bertz CT molecular complexity index is 967. The third-order valence-electron chi connectivity index (χ3n) is 5.87. The minimum Gasteiger partial charge on any atom is -0.330 e. The van der Waals surface area contributed by atoms with Gasteiger partial charge < -0.3 is 9.80 Å². The van der Waals surface area contributed by atoms with E-state index in [1.807, 2.05) is 45.6 Å². The molecule has 2 amide bonds. The lowest BCUT2D eigenvalue weighted by atomic mass is 9.92. The highest BCUT2D eigenvalue weighted by Gasteiger charge is 2.37. The Hall–Kier alpha value is -1.56. The van der Waals surface area contributed by atoms with E-state index < -0.39 is 5.41 Å². The number of benzene rings is 1. The number of hydrogen-bond donors (Lipinski definition) is 0. The lowest BCUT2D eigenvalue weighted by Crippen LogP contribution is -2.51. The smallest absolute Gasteiger partial charge is 0.243 e. The molecule has 0 saturated heterocycles. The van der Waals surface area contributed by atoms with Gasteiger partial charge in [0.15, 0.2) is 0 Å². The van der Waals surface area contributed by atoms with Gasteiger partial charge >= 0.3 is 0 Å². The van der Waals surface area contributed by atoms with Gasteiger partial charge in [-0.15, -0.1) is 11.3 Å². The van der Waals surface area contributed by atoms with Gasteiger partial charge in [0.1, 0.15) is 6.54 Å². The van der Waals surface area contributed by atoms with Crippen LogP contribution in [-0.4, -0.2) is 40.7 Å². The van der Waals surface area contributed by atoms with Gasteiger partial charge in [-0.3, -0.25) is 9.59 Å². The predicted octanol–water partition coefficient (Wildman–Crippen LogP) is 6.20. The summed E-state index contributed by atoms with van der Waals surface area (Å²) in [6.07, 6.45) is 1.59. The van der Waals surface area contributed by atoms with E-state index in [0.29, 0.717) is 16.6 Å². The summed E-state index contributed by atoms with van der Waals surface area (Å²) in [6.45, 7) is 10.4. The number of fused-ring (bicyclic) bond motifs is 1. The standard InChI is InChI=1S/C24H30Cl2N2O2S/c1-6-15(2)28(23(30)24(3,4)5)14-21(29)27-11-9-20-18(10-12-31-20)22(27)17-8-7-16(25)13-19(17)26/h7-8,10,12-13,15,22H,6,9,11,14H2,1-5H3. The maximum atomic E-state index is 13.6. The third kappa shape index (κ3) is 5.10. The number of hydrogen-bond acceptors (Lipinski definition) is 3. The summed E-state index contributed by atoms with van der Waals surface area (Å²) in [6, 6.07) is 7.19. The van der Waals surface area contributed by atoms with Crippen molar-refractivity contribution in [3.63, 3.8) is 0 Å². The number of carbonyl (C=O) groups excluding carboxylic acids is 2. The van der Waals surface area contributed by atoms with Gasteiger partial charge in [0, 0.05) is 32.9 Å². The van der Waals surface area contributed by atoms with E-state index in [4.69, 9.17) is 23.2 Å². The minimum atomic E-state index is -0.551. The number of rotatable bonds is 5. The highest BCUT2D eigenvalue weighted by atomic mass is 35.5. The topological polar surface area (TPSA) is 40.6 Å². The summed E-state index contributed by atoms with van der Waals surface area (Å²) in [7, 11) is 0. The van der Waals surface area contributed by atoms with E-state index in [2.05, 4.69) is 11.4 Å². The zero-order chi connectivity index (χ0) is 22.9. The molecule has 1 aromatic heterocycles. The van der Waals surface area contributed by atoms with Gasteiger partial charge in [0.2, 0.25) is 11.8 Å². The lowest BCUT2D eigenvalue weighted by Gasteiger charge is -2.40. The van der Waals surface area contributed by atoms with Crippen LogP contribution in [0.3, 0.4) is 0 Å². The quantitative estimate of drug-likeness (QED) is 0.510. The van der Waals surface area contributed by atoms with Crippen LogP contribution in [0.2, 0.25) is 10.0 Å². The first-order chi connectivity index (χ1) is 14.5. The molecule has 7 heteroatoms. The molecule has 0 bridgehead atoms. The average Bonchev–Trinajstić information content (AvgIpc) is 3.18. The first-order valence-corrected chi connectivity index (χ1v) is 12.3. The molecule has 0 saturated carbocycles. The second-order valence-electron chi connectivity index (χ2n) is 9.14. The van der Waals surface area contributed by atoms with Crippen LogP contribution in [0.5, 0.6) is 0 Å². The second-order valence-corrected chi connectivity index (χ2v) is 11.0. The molecule has 0 aliphatic carbocycles. The van der Waals surface area contributed by atoms with Gasteiger partial charge in [-0.2, -0.15) is 0 Å². The van der Waals surface area contributed by atoms with Crippen molar-refractivity contribution in [2.24, 2.45) is 5.41 Å². The molecule has 31 heavy (non-hydrogen) atoms. The molecule has 2 heterocycles. The van der Waals surface area contributed by atoms with E-state index in [0.717, 1.165) is 24.0 Å². The van der Waals surface area contributed by atoms with Crippen LogP contribution >= 0.6 is 34.5 Å². The molecule has 0 fully saturated rings. The largest absolute Gasteiger partial charge is 0.330 e. The maximum absolute atomic E-state index is 13.6. The van der Waals surface area contributed by atoms with Crippen molar-refractivity contribution in [3.8, 4) is 0 Å². The Balaban J connectivity index is 1.97. The highest BCUT2D eigenvalue weighted by Crippen LogP contribution is 2.41. The Labute approximate surface area is 199 Å². The first-order valence-electron chi connectivity index (χ1n) is 10.7. The van der Waals surface area contributed by atoms with Gasteiger partial charge in [-0.05, 0) is 54.5 Å². The van der Waals surface area contributed by atoms with Crippen molar-refractivity contribution < 1.29 is 9.59 Å². The van der Waals surface area contributed by atoms with Crippen molar-refractivity contribution in [2.45, 2.75) is 59.5 Å². The molecular weight excluding hydrogens is 451 g/mol. The molecule has 2 unspecified atom stereocenters. The molecule has 1 aliphatic heterocycles. The average molecular weight is 481 g/mol. The molecule has 4 nitrogen and oxygen atoms in total. The van der Waals surface area contributed by atoms with Crippen LogP contribution in [-0.2, 0) is 16.0 Å². The SMILES string of the molecule is CCC(C)N(CC(=O)N1CCc2sccc2C1c1ccc(Cl)cc1Cl)C(=O)C(C)(C)C. The summed E-state index contributed by atoms with van der Waals surface area (Å²) in [5, 5.41) is 3.16. The van der Waals surface area contributed by atoms with Crippen LogP contribution in [0.25, 0.3) is 0 Å². The van der Waals surface area contributed by atoms with Gasteiger partial charge in [0.25, 0.3) is 0 Å². The van der Waals surface area contributed by atoms with Gasteiger partial charge in [-0.1, -0.05) is 57.0 Å². The van der Waals surface area contributed by atoms with E-state index >= 15 is 0 Å². The Kier molecular flexibility index (Phi) is 7.39. The van der Waals surface area contributed by atoms with Crippen LogP contribution in [0.15, 0.2) is 29.6 Å². The number of carbonyl (C=O) groups is 2. The van der Waals surface area contributed by atoms with Crippen LogP contribution in [0.4, 0.5) is 0 Å². The molecule has 0 radical (unpaired) electrons. The summed E-state index contributed by atoms with van der Waals surface area (Å²) < 4.78 is 0. The van der Waals surface area contributed by atoms with Crippen molar-refractivity contribution in [1.82, 2.24) is 9.80 Å². The lowest BCUT2D eigenvalue weighted by molar-refractivity contribution is -0.148. The Morgan fingerprint density at radius 1 is 1.23 bits per heavy atom. The van der Waals surface area contributed by atoms with Crippen LogP contribution in [0, 0.1) is 5.41 Å². The summed E-state index contributed by atoms with van der Waals surface area (Å²) in [4.78, 5) is 31.6. The molecule has 0 spiro atoms. The van der Waals surface area contributed by atoms with Crippen molar-refractivity contribution >= 4 is 46.4 Å². The van der Waals surface area contributed by atoms with E-state index in [1.54, 1.807) is 28.4 Å². The Morgan fingerprint density at radius 3 is 2.55 bits per heavy atom. The van der Waals surface area contributed by atoms with Crippen LogP contribution in [0.1, 0.15) is 63.1 Å². The number of nitrogens with zero attached hydrogens (tertiary/aromatic N) is 2. The highest BCUT2D eigenvalue weighted by molar-refractivity contribution is 7.10. The van der Waals surface area contributed by atoms with Crippen molar-refractivity contribution in [3.05, 3.63) is 55.7 Å². The molecule has 3 rings (SSSR count). The Morgan fingerprint density at radius 2 is 1.94 bits per heavy atom. The van der Waals surface area contributed by atoms with Crippen LogP contribution < -0.4 is 0 Å². The summed E-state index contributed by atoms with van der Waals surface area (Å²) >= 11 is 14.4. The summed E-state index contributed by atoms with van der Waals surface area (Å²) in [5.74, 6) is -0.0738. The second kappa shape index (κ2) is 9.51. The third-order valence-corrected chi connectivity index (χ3v) is 7.43. The number of thiophene rings is 1. The van der Waals surface area contributed by atoms with E-state index in [1.165, 1.54) is 4.88 Å². The molecule has 1 aromatic carbocycles. The fraction of sp³-hybridized carbons (Fsp3) is 0.500. The van der Waals surface area contributed by atoms with E-state index in [9.17, 15) is 9.59 Å². The fourth-order valence-electron chi connectivity index (χ4n) is 3.96. The number of halogens is 2. The fourth-order valence-corrected chi connectivity index (χ4v) is 5.37. The van der Waals surface area contributed by atoms with Gasteiger partial charge in [-0.25, -0.2) is 0 Å². The normalized spacial score (nSPS) is 17.3. The molecule has 168 valence electrons. The van der Waals surface area contributed by atoms with Crippen molar-refractivity contribution in [1.29, 1.82) is 0 Å².